The Balaban J connectivity index is 2.22. The molecule has 0 saturated heterocycles. The summed E-state index contributed by atoms with van der Waals surface area (Å²) in [5.74, 6) is 0.912. The van der Waals surface area contributed by atoms with Gasteiger partial charge in [0.1, 0.15) is 5.75 Å². The Morgan fingerprint density at radius 3 is 2.12 bits per heavy atom. The van der Waals surface area contributed by atoms with E-state index in [1.807, 2.05) is 12.1 Å². The number of hydrogen-bond donors (Lipinski definition) is 1. The lowest BCUT2D eigenvalue weighted by atomic mass is 9.52. The Morgan fingerprint density at radius 1 is 1.19 bits per heavy atom. The van der Waals surface area contributed by atoms with Crippen molar-refractivity contribution in [2.75, 3.05) is 13.7 Å². The lowest BCUT2D eigenvalue weighted by molar-refractivity contribution is 0.0634. The van der Waals surface area contributed by atoms with E-state index in [0.717, 1.165) is 12.3 Å². The van der Waals surface area contributed by atoms with E-state index in [-0.39, 0.29) is 5.41 Å². The zero-order valence-corrected chi connectivity index (χ0v) is 10.4. The highest BCUT2D eigenvalue weighted by molar-refractivity contribution is 5.35. The van der Waals surface area contributed by atoms with Crippen molar-refractivity contribution >= 4 is 0 Å². The summed E-state index contributed by atoms with van der Waals surface area (Å²) in [5.41, 5.74) is 7.97. The van der Waals surface area contributed by atoms with Crippen LogP contribution in [-0.4, -0.2) is 13.7 Å². The summed E-state index contributed by atoms with van der Waals surface area (Å²) >= 11 is 0. The third kappa shape index (κ3) is 1.82. The summed E-state index contributed by atoms with van der Waals surface area (Å²) in [6, 6.07) is 8.36. The summed E-state index contributed by atoms with van der Waals surface area (Å²) in [4.78, 5) is 0. The van der Waals surface area contributed by atoms with E-state index in [1.165, 1.54) is 18.4 Å². The second kappa shape index (κ2) is 3.77. The maximum atomic E-state index is 5.96. The highest BCUT2D eigenvalue weighted by Crippen LogP contribution is 2.54. The predicted octanol–water partition coefficient (Wildman–Crippen LogP) is 2.71. The summed E-state index contributed by atoms with van der Waals surface area (Å²) in [6.07, 6.45) is 2.37. The topological polar surface area (TPSA) is 35.2 Å². The molecule has 2 N–H and O–H groups in total. The van der Waals surface area contributed by atoms with Crippen LogP contribution in [0.5, 0.6) is 5.75 Å². The van der Waals surface area contributed by atoms with Gasteiger partial charge >= 0.3 is 0 Å². The fourth-order valence-corrected chi connectivity index (χ4v) is 3.19. The highest BCUT2D eigenvalue weighted by atomic mass is 16.5. The van der Waals surface area contributed by atoms with E-state index < -0.39 is 0 Å². The van der Waals surface area contributed by atoms with E-state index in [0.29, 0.717) is 5.41 Å². The van der Waals surface area contributed by atoms with Crippen molar-refractivity contribution in [2.45, 2.75) is 32.1 Å². The number of ether oxygens (including phenoxy) is 1. The summed E-state index contributed by atoms with van der Waals surface area (Å²) in [7, 11) is 1.69. The number of rotatable bonds is 3. The van der Waals surface area contributed by atoms with Crippen LogP contribution < -0.4 is 10.5 Å². The first-order chi connectivity index (χ1) is 7.51. The average Bonchev–Trinajstić information content (AvgIpc) is 2.25. The van der Waals surface area contributed by atoms with Crippen LogP contribution in [0, 0.1) is 5.41 Å². The molecule has 0 atom stereocenters. The molecule has 0 aliphatic heterocycles. The van der Waals surface area contributed by atoms with Crippen molar-refractivity contribution in [2.24, 2.45) is 11.1 Å². The molecule has 1 aromatic carbocycles. The normalized spacial score (nSPS) is 21.2. The monoisotopic (exact) mass is 219 g/mol. The third-order valence-corrected chi connectivity index (χ3v) is 3.73. The molecule has 0 amide bonds. The van der Waals surface area contributed by atoms with E-state index in [2.05, 4.69) is 26.0 Å². The van der Waals surface area contributed by atoms with E-state index in [9.17, 15) is 0 Å². The highest BCUT2D eigenvalue weighted by Gasteiger charge is 2.49. The largest absolute Gasteiger partial charge is 0.497 e. The van der Waals surface area contributed by atoms with Gasteiger partial charge in [0.25, 0.3) is 0 Å². The summed E-state index contributed by atoms with van der Waals surface area (Å²) < 4.78 is 5.18. The van der Waals surface area contributed by atoms with Crippen molar-refractivity contribution in [3.63, 3.8) is 0 Å². The molecule has 1 aliphatic carbocycles. The van der Waals surface area contributed by atoms with Crippen LogP contribution in [0.4, 0.5) is 0 Å². The van der Waals surface area contributed by atoms with Crippen molar-refractivity contribution in [3.8, 4) is 5.75 Å². The molecule has 0 unspecified atom stereocenters. The SMILES string of the molecule is COc1ccc(C2(CN)CC(C)(C)C2)cc1. The fraction of sp³-hybridized carbons (Fsp3) is 0.571. The molecule has 1 aliphatic rings. The second-order valence-corrected chi connectivity index (χ2v) is 5.73. The van der Waals surface area contributed by atoms with E-state index in [1.54, 1.807) is 7.11 Å². The first-order valence-electron chi connectivity index (χ1n) is 5.86. The number of methoxy groups -OCH3 is 1. The minimum atomic E-state index is 0.204. The van der Waals surface area contributed by atoms with Crippen molar-refractivity contribution < 1.29 is 4.74 Å². The van der Waals surface area contributed by atoms with Gasteiger partial charge in [0.2, 0.25) is 0 Å². The van der Waals surface area contributed by atoms with Crippen molar-refractivity contribution in [1.29, 1.82) is 0 Å². The average molecular weight is 219 g/mol. The Morgan fingerprint density at radius 2 is 1.75 bits per heavy atom. The van der Waals surface area contributed by atoms with Gasteiger partial charge in [-0.15, -0.1) is 0 Å². The number of benzene rings is 1. The Kier molecular flexibility index (Phi) is 2.70. The van der Waals surface area contributed by atoms with Crippen LogP contribution in [0.15, 0.2) is 24.3 Å². The third-order valence-electron chi connectivity index (χ3n) is 3.73. The number of hydrogen-bond acceptors (Lipinski definition) is 2. The van der Waals surface area contributed by atoms with Crippen LogP contribution in [0.2, 0.25) is 0 Å². The Bertz CT molecular complexity index is 359. The van der Waals surface area contributed by atoms with Crippen LogP contribution in [0.25, 0.3) is 0 Å². The smallest absolute Gasteiger partial charge is 0.118 e. The van der Waals surface area contributed by atoms with E-state index >= 15 is 0 Å². The van der Waals surface area contributed by atoms with Gasteiger partial charge in [-0.2, -0.15) is 0 Å². The molecule has 16 heavy (non-hydrogen) atoms. The molecule has 0 aromatic heterocycles. The minimum Gasteiger partial charge on any atom is -0.497 e. The lowest BCUT2D eigenvalue weighted by Crippen LogP contribution is -2.51. The number of nitrogens with two attached hydrogens (primary N) is 1. The molecule has 0 bridgehead atoms. The molecular formula is C14H21NO. The molecule has 1 aromatic rings. The minimum absolute atomic E-state index is 0.204. The fourth-order valence-electron chi connectivity index (χ4n) is 3.19. The van der Waals surface area contributed by atoms with Gasteiger partial charge in [0.15, 0.2) is 0 Å². The maximum absolute atomic E-state index is 5.96. The van der Waals surface area contributed by atoms with Gasteiger partial charge in [-0.1, -0.05) is 26.0 Å². The first-order valence-corrected chi connectivity index (χ1v) is 5.86. The molecular weight excluding hydrogens is 198 g/mol. The molecule has 88 valence electrons. The van der Waals surface area contributed by atoms with Gasteiger partial charge in [-0.3, -0.25) is 0 Å². The van der Waals surface area contributed by atoms with Crippen LogP contribution in [-0.2, 0) is 5.41 Å². The first kappa shape index (κ1) is 11.5. The van der Waals surface area contributed by atoms with Gasteiger partial charge in [0.05, 0.1) is 7.11 Å². The summed E-state index contributed by atoms with van der Waals surface area (Å²) in [6.45, 7) is 5.36. The zero-order chi connectivity index (χ0) is 11.8. The molecule has 0 radical (unpaired) electrons. The van der Waals surface area contributed by atoms with Crippen molar-refractivity contribution in [3.05, 3.63) is 29.8 Å². The van der Waals surface area contributed by atoms with Gasteiger partial charge in [0, 0.05) is 12.0 Å². The standard InChI is InChI=1S/C14H21NO/c1-13(2)8-14(9-13,10-15)11-4-6-12(16-3)7-5-11/h4-7H,8-10,15H2,1-3H3. The van der Waals surface area contributed by atoms with Gasteiger partial charge in [-0.05, 0) is 36.0 Å². The van der Waals surface area contributed by atoms with Gasteiger partial charge in [-0.25, -0.2) is 0 Å². The van der Waals surface area contributed by atoms with Gasteiger partial charge < -0.3 is 10.5 Å². The molecule has 1 fully saturated rings. The van der Waals surface area contributed by atoms with Crippen LogP contribution >= 0.6 is 0 Å². The Labute approximate surface area is 97.8 Å². The second-order valence-electron chi connectivity index (χ2n) is 5.73. The molecule has 2 rings (SSSR count). The van der Waals surface area contributed by atoms with E-state index in [4.69, 9.17) is 10.5 Å². The molecule has 0 spiro atoms. The molecule has 1 saturated carbocycles. The zero-order valence-electron chi connectivity index (χ0n) is 10.4. The van der Waals surface area contributed by atoms with Crippen LogP contribution in [0.1, 0.15) is 32.3 Å². The maximum Gasteiger partial charge on any atom is 0.118 e. The Hall–Kier alpha value is -1.02. The molecule has 2 nitrogen and oxygen atoms in total. The van der Waals surface area contributed by atoms with Crippen LogP contribution in [0.3, 0.4) is 0 Å². The lowest BCUT2D eigenvalue weighted by Gasteiger charge is -2.53. The quantitative estimate of drug-likeness (QED) is 0.848. The molecule has 2 heteroatoms. The summed E-state index contributed by atoms with van der Waals surface area (Å²) in [5, 5.41) is 0. The molecule has 0 heterocycles. The predicted molar refractivity (Wildman–Crippen MR) is 66.7 cm³/mol. The van der Waals surface area contributed by atoms with Crippen molar-refractivity contribution in [1.82, 2.24) is 0 Å².